The van der Waals surface area contributed by atoms with Crippen molar-refractivity contribution in [3.8, 4) is 5.75 Å². The number of sulfonamides is 1. The molecule has 0 bridgehead atoms. The number of hydrogen-bond donors (Lipinski definition) is 1. The van der Waals surface area contributed by atoms with Crippen molar-refractivity contribution in [2.75, 3.05) is 24.2 Å². The van der Waals surface area contributed by atoms with Gasteiger partial charge in [0.25, 0.3) is 0 Å². The van der Waals surface area contributed by atoms with Gasteiger partial charge in [-0.2, -0.15) is 0 Å². The number of hydrogen-bond acceptors (Lipinski definition) is 5. The summed E-state index contributed by atoms with van der Waals surface area (Å²) in [6.07, 6.45) is 2.18. The van der Waals surface area contributed by atoms with E-state index in [-0.39, 0.29) is 18.5 Å². The van der Waals surface area contributed by atoms with Crippen LogP contribution in [0.25, 0.3) is 0 Å². The first-order chi connectivity index (χ1) is 16.5. The van der Waals surface area contributed by atoms with Gasteiger partial charge in [-0.1, -0.05) is 48.0 Å². The Morgan fingerprint density at radius 2 is 1.74 bits per heavy atom. The molecule has 8 nitrogen and oxygen atoms in total. The lowest BCUT2D eigenvalue weighted by atomic mass is 10.1. The summed E-state index contributed by atoms with van der Waals surface area (Å²) in [7, 11) is -2.20. The molecule has 1 N–H and O–H groups in total. The average Bonchev–Trinajstić information content (AvgIpc) is 2.81. The minimum atomic E-state index is -3.77. The zero-order valence-electron chi connectivity index (χ0n) is 20.8. The van der Waals surface area contributed by atoms with E-state index in [4.69, 9.17) is 4.74 Å². The summed E-state index contributed by atoms with van der Waals surface area (Å²) < 4.78 is 32.2. The van der Waals surface area contributed by atoms with Gasteiger partial charge in [0.15, 0.2) is 0 Å². The van der Waals surface area contributed by atoms with E-state index in [0.717, 1.165) is 22.5 Å². The molecule has 192 valence electrons. The van der Waals surface area contributed by atoms with Crippen LogP contribution in [-0.2, 0) is 26.2 Å². The van der Waals surface area contributed by atoms with Crippen molar-refractivity contribution < 1.29 is 22.7 Å². The van der Waals surface area contributed by atoms with Crippen molar-refractivity contribution in [3.05, 3.63) is 58.6 Å². The number of rotatable bonds is 12. The van der Waals surface area contributed by atoms with E-state index in [1.807, 2.05) is 32.9 Å². The molecule has 0 saturated heterocycles. The summed E-state index contributed by atoms with van der Waals surface area (Å²) in [6, 6.07) is 13.1. The summed E-state index contributed by atoms with van der Waals surface area (Å²) >= 11 is 3.35. The molecular formula is C25H34BrN3O5S. The zero-order valence-corrected chi connectivity index (χ0v) is 23.2. The van der Waals surface area contributed by atoms with Crippen molar-refractivity contribution in [1.82, 2.24) is 10.2 Å². The van der Waals surface area contributed by atoms with Crippen LogP contribution in [0.5, 0.6) is 5.75 Å². The molecular weight excluding hydrogens is 534 g/mol. The highest BCUT2D eigenvalue weighted by molar-refractivity contribution is 9.10. The first-order valence-corrected chi connectivity index (χ1v) is 14.1. The number of halogens is 1. The second kappa shape index (κ2) is 12.9. The quantitative estimate of drug-likeness (QED) is 0.419. The topological polar surface area (TPSA) is 96.0 Å². The van der Waals surface area contributed by atoms with Crippen LogP contribution >= 0.6 is 15.9 Å². The van der Waals surface area contributed by atoms with Gasteiger partial charge in [0.1, 0.15) is 18.3 Å². The molecule has 0 aliphatic rings. The molecule has 35 heavy (non-hydrogen) atoms. The first kappa shape index (κ1) is 28.6. The molecule has 0 heterocycles. The molecule has 2 atom stereocenters. The fourth-order valence-corrected chi connectivity index (χ4v) is 4.76. The molecule has 0 aromatic heterocycles. The number of carbonyl (C=O) groups excluding carboxylic acids is 2. The van der Waals surface area contributed by atoms with E-state index in [1.54, 1.807) is 43.5 Å². The van der Waals surface area contributed by atoms with Crippen LogP contribution in [0.4, 0.5) is 5.69 Å². The standard InChI is InChI=1S/C25H34BrN3O5S/c1-6-18(3)27-25(31)23(7-2)28(16-19-11-13-22(34-4)14-12-19)24(30)17-29(35(5,32)33)21-10-8-9-20(26)15-21/h8-15,18,23H,6-7,16-17H2,1-5H3,(H,27,31)/t18-,23-/m0/s1. The van der Waals surface area contributed by atoms with Crippen LogP contribution in [0.15, 0.2) is 53.0 Å². The molecule has 0 aliphatic carbocycles. The summed E-state index contributed by atoms with van der Waals surface area (Å²) in [5, 5.41) is 2.95. The molecule has 0 aliphatic heterocycles. The Hall–Kier alpha value is -2.59. The number of ether oxygens (including phenoxy) is 1. The van der Waals surface area contributed by atoms with Gasteiger partial charge in [-0.25, -0.2) is 8.42 Å². The smallest absolute Gasteiger partial charge is 0.244 e. The van der Waals surface area contributed by atoms with E-state index in [0.29, 0.717) is 22.3 Å². The number of methoxy groups -OCH3 is 1. The molecule has 2 aromatic carbocycles. The molecule has 0 radical (unpaired) electrons. The number of carbonyl (C=O) groups is 2. The normalized spacial score (nSPS) is 13.0. The summed E-state index contributed by atoms with van der Waals surface area (Å²) in [5.41, 5.74) is 1.15. The van der Waals surface area contributed by atoms with Crippen LogP contribution in [0.2, 0.25) is 0 Å². The lowest BCUT2D eigenvalue weighted by Gasteiger charge is -2.33. The van der Waals surface area contributed by atoms with Gasteiger partial charge in [-0.05, 0) is 55.7 Å². The Morgan fingerprint density at radius 3 is 2.26 bits per heavy atom. The van der Waals surface area contributed by atoms with Gasteiger partial charge >= 0.3 is 0 Å². The van der Waals surface area contributed by atoms with Gasteiger partial charge in [-0.3, -0.25) is 13.9 Å². The van der Waals surface area contributed by atoms with E-state index in [2.05, 4.69) is 21.2 Å². The number of nitrogens with one attached hydrogen (secondary N) is 1. The largest absolute Gasteiger partial charge is 0.497 e. The first-order valence-electron chi connectivity index (χ1n) is 11.5. The van der Waals surface area contributed by atoms with E-state index in [9.17, 15) is 18.0 Å². The number of benzene rings is 2. The summed E-state index contributed by atoms with van der Waals surface area (Å²) in [6.45, 7) is 5.41. The molecule has 0 saturated carbocycles. The minimum absolute atomic E-state index is 0.0522. The monoisotopic (exact) mass is 567 g/mol. The number of amides is 2. The van der Waals surface area contributed by atoms with Gasteiger partial charge < -0.3 is 15.0 Å². The van der Waals surface area contributed by atoms with Crippen molar-refractivity contribution >= 4 is 43.5 Å². The van der Waals surface area contributed by atoms with Crippen molar-refractivity contribution in [3.63, 3.8) is 0 Å². The third-order valence-corrected chi connectivity index (χ3v) is 7.31. The predicted molar refractivity (Wildman–Crippen MR) is 142 cm³/mol. The number of anilines is 1. The Labute approximate surface area is 216 Å². The molecule has 0 spiro atoms. The molecule has 10 heteroatoms. The lowest BCUT2D eigenvalue weighted by molar-refractivity contribution is -0.140. The van der Waals surface area contributed by atoms with Gasteiger partial charge in [0.2, 0.25) is 21.8 Å². The van der Waals surface area contributed by atoms with E-state index >= 15 is 0 Å². The fourth-order valence-electron chi connectivity index (χ4n) is 3.53. The summed E-state index contributed by atoms with van der Waals surface area (Å²) in [5.74, 6) is -0.0690. The molecule has 2 rings (SSSR count). The van der Waals surface area contributed by atoms with Gasteiger partial charge in [-0.15, -0.1) is 0 Å². The molecule has 2 aromatic rings. The highest BCUT2D eigenvalue weighted by Crippen LogP contribution is 2.23. The SMILES string of the molecule is CC[C@H](C)NC(=O)[C@H](CC)N(Cc1ccc(OC)cc1)C(=O)CN(c1cccc(Br)c1)S(C)(=O)=O. The van der Waals surface area contributed by atoms with Crippen molar-refractivity contribution in [1.29, 1.82) is 0 Å². The minimum Gasteiger partial charge on any atom is -0.497 e. The van der Waals surface area contributed by atoms with Gasteiger partial charge in [0.05, 0.1) is 19.1 Å². The highest BCUT2D eigenvalue weighted by atomic mass is 79.9. The third-order valence-electron chi connectivity index (χ3n) is 5.67. The maximum atomic E-state index is 13.6. The van der Waals surface area contributed by atoms with Crippen LogP contribution in [0.3, 0.4) is 0 Å². The Kier molecular flexibility index (Phi) is 10.6. The summed E-state index contributed by atoms with van der Waals surface area (Å²) in [4.78, 5) is 28.2. The van der Waals surface area contributed by atoms with E-state index in [1.165, 1.54) is 4.90 Å². The van der Waals surface area contributed by atoms with Crippen molar-refractivity contribution in [2.45, 2.75) is 52.2 Å². The van der Waals surface area contributed by atoms with Crippen LogP contribution in [-0.4, -0.2) is 57.1 Å². The third kappa shape index (κ3) is 8.24. The second-order valence-corrected chi connectivity index (χ2v) is 11.2. The molecule has 2 amide bonds. The fraction of sp³-hybridized carbons (Fsp3) is 0.440. The Morgan fingerprint density at radius 1 is 1.09 bits per heavy atom. The maximum Gasteiger partial charge on any atom is 0.244 e. The highest BCUT2D eigenvalue weighted by Gasteiger charge is 2.32. The van der Waals surface area contributed by atoms with Crippen LogP contribution < -0.4 is 14.4 Å². The molecule has 0 unspecified atom stereocenters. The van der Waals surface area contributed by atoms with Crippen LogP contribution in [0, 0.1) is 0 Å². The Bertz CT molecular complexity index is 1110. The molecule has 0 fully saturated rings. The zero-order chi connectivity index (χ0) is 26.2. The Balaban J connectivity index is 2.43. The van der Waals surface area contributed by atoms with Gasteiger partial charge in [0, 0.05) is 17.1 Å². The van der Waals surface area contributed by atoms with Crippen LogP contribution in [0.1, 0.15) is 39.2 Å². The van der Waals surface area contributed by atoms with E-state index < -0.39 is 28.5 Å². The number of nitrogens with zero attached hydrogens (tertiary/aromatic N) is 2. The van der Waals surface area contributed by atoms with Crippen molar-refractivity contribution in [2.24, 2.45) is 0 Å². The average molecular weight is 569 g/mol. The predicted octanol–water partition coefficient (Wildman–Crippen LogP) is 3.95. The maximum absolute atomic E-state index is 13.6. The lowest BCUT2D eigenvalue weighted by Crippen LogP contribution is -2.53. The second-order valence-electron chi connectivity index (χ2n) is 8.36.